The van der Waals surface area contributed by atoms with Gasteiger partial charge in [0, 0.05) is 12.4 Å². The normalized spacial score (nSPS) is 10.4. The maximum absolute atomic E-state index is 5.53. The first-order chi connectivity index (χ1) is 6.66. The van der Waals surface area contributed by atoms with Gasteiger partial charge in [-0.25, -0.2) is 9.97 Å². The third-order valence-corrected chi connectivity index (χ3v) is 1.85. The van der Waals surface area contributed by atoms with Gasteiger partial charge < -0.3 is 11.5 Å². The minimum Gasteiger partial charge on any atom is -0.368 e. The van der Waals surface area contributed by atoms with Gasteiger partial charge in [-0.15, -0.1) is 5.10 Å². The van der Waals surface area contributed by atoms with Gasteiger partial charge in [-0.3, -0.25) is 0 Å². The largest absolute Gasteiger partial charge is 0.368 e. The maximum atomic E-state index is 5.53. The first kappa shape index (κ1) is 8.88. The molecule has 0 atom stereocenters. The lowest BCUT2D eigenvalue weighted by atomic mass is 10.7. The van der Waals surface area contributed by atoms with Crippen LogP contribution >= 0.6 is 15.9 Å². The van der Waals surface area contributed by atoms with Gasteiger partial charge in [0.2, 0.25) is 11.9 Å². The number of halogens is 1. The zero-order chi connectivity index (χ0) is 10.1. The molecule has 0 aliphatic carbocycles. The van der Waals surface area contributed by atoms with Crippen LogP contribution in [0.25, 0.3) is 5.95 Å². The summed E-state index contributed by atoms with van der Waals surface area (Å²) in [6.45, 7) is 0. The van der Waals surface area contributed by atoms with Crippen molar-refractivity contribution in [2.45, 2.75) is 0 Å². The molecular weight excluding hydrogens is 250 g/mol. The summed E-state index contributed by atoms with van der Waals surface area (Å²) >= 11 is 3.22. The Morgan fingerprint density at radius 3 is 2.36 bits per heavy atom. The molecule has 0 spiro atoms. The summed E-state index contributed by atoms with van der Waals surface area (Å²) in [4.78, 5) is 11.7. The maximum Gasteiger partial charge on any atom is 0.253 e. The summed E-state index contributed by atoms with van der Waals surface area (Å²) in [5, 5.41) is 3.83. The molecular formula is C6H6BrN7. The van der Waals surface area contributed by atoms with Crippen LogP contribution in [0.5, 0.6) is 0 Å². The zero-order valence-electron chi connectivity index (χ0n) is 6.92. The fraction of sp³-hybridized carbons (Fsp3) is 0. The van der Waals surface area contributed by atoms with E-state index >= 15 is 0 Å². The SMILES string of the molecule is Nc1nc(N)n(-c2ncc(Br)cn2)n1. The quantitative estimate of drug-likeness (QED) is 0.742. The van der Waals surface area contributed by atoms with Crippen LogP contribution in [0.4, 0.5) is 11.9 Å². The number of nitrogen functional groups attached to an aromatic ring is 2. The molecule has 2 heterocycles. The highest BCUT2D eigenvalue weighted by atomic mass is 79.9. The Kier molecular flexibility index (Phi) is 2.04. The van der Waals surface area contributed by atoms with Crippen molar-refractivity contribution in [2.75, 3.05) is 11.5 Å². The number of hydrogen-bond acceptors (Lipinski definition) is 6. The molecule has 4 N–H and O–H groups in total. The van der Waals surface area contributed by atoms with Gasteiger partial charge in [0.25, 0.3) is 5.95 Å². The predicted molar refractivity (Wildman–Crippen MR) is 53.5 cm³/mol. The molecule has 0 saturated heterocycles. The minimum absolute atomic E-state index is 0.0917. The van der Waals surface area contributed by atoms with Crippen LogP contribution in [0.2, 0.25) is 0 Å². The smallest absolute Gasteiger partial charge is 0.253 e. The van der Waals surface area contributed by atoms with Crippen molar-refractivity contribution in [2.24, 2.45) is 0 Å². The standard InChI is InChI=1S/C6H6BrN7/c7-3-1-10-6(11-2-3)14-5(9)12-4(8)13-14/h1-2H,(H4,8,9,12,13). The summed E-state index contributed by atoms with van der Waals surface area (Å²) in [6.07, 6.45) is 3.17. The Hall–Kier alpha value is -1.70. The average molecular weight is 256 g/mol. The Labute approximate surface area is 87.3 Å². The van der Waals surface area contributed by atoms with Crippen LogP contribution < -0.4 is 11.5 Å². The molecule has 0 amide bonds. The molecule has 2 aromatic heterocycles. The zero-order valence-corrected chi connectivity index (χ0v) is 8.51. The molecule has 0 aliphatic rings. The average Bonchev–Trinajstić information content (AvgIpc) is 2.47. The molecule has 0 fully saturated rings. The molecule has 0 aromatic carbocycles. The minimum atomic E-state index is 0.0917. The number of nitrogens with zero attached hydrogens (tertiary/aromatic N) is 5. The highest BCUT2D eigenvalue weighted by molar-refractivity contribution is 9.10. The number of anilines is 2. The highest BCUT2D eigenvalue weighted by Gasteiger charge is 2.08. The Morgan fingerprint density at radius 1 is 1.21 bits per heavy atom. The summed E-state index contributed by atoms with van der Waals surface area (Å²) in [5.41, 5.74) is 10.9. The van der Waals surface area contributed by atoms with Gasteiger partial charge in [0.1, 0.15) is 0 Å². The van der Waals surface area contributed by atoms with Crippen molar-refractivity contribution < 1.29 is 0 Å². The third kappa shape index (κ3) is 1.51. The molecule has 2 rings (SSSR count). The lowest BCUT2D eigenvalue weighted by molar-refractivity contribution is 0.818. The van der Waals surface area contributed by atoms with E-state index < -0.39 is 0 Å². The van der Waals surface area contributed by atoms with Crippen molar-refractivity contribution in [1.82, 2.24) is 24.7 Å². The summed E-state index contributed by atoms with van der Waals surface area (Å²) in [5.74, 6) is 0.578. The molecule has 0 unspecified atom stereocenters. The van der Waals surface area contributed by atoms with Gasteiger partial charge in [0.15, 0.2) is 0 Å². The van der Waals surface area contributed by atoms with Crippen LogP contribution in [-0.2, 0) is 0 Å². The first-order valence-electron chi connectivity index (χ1n) is 3.63. The molecule has 0 aliphatic heterocycles. The van der Waals surface area contributed by atoms with Crippen LogP contribution in [-0.4, -0.2) is 24.7 Å². The lowest BCUT2D eigenvalue weighted by Gasteiger charge is -1.98. The van der Waals surface area contributed by atoms with E-state index in [1.54, 1.807) is 12.4 Å². The second-order valence-corrected chi connectivity index (χ2v) is 3.36. The van der Waals surface area contributed by atoms with Crippen LogP contribution in [0.3, 0.4) is 0 Å². The Balaban J connectivity index is 2.49. The second kappa shape index (κ2) is 3.22. The van der Waals surface area contributed by atoms with E-state index in [-0.39, 0.29) is 11.9 Å². The number of nitrogens with two attached hydrogens (primary N) is 2. The lowest BCUT2D eigenvalue weighted by Crippen LogP contribution is -2.06. The van der Waals surface area contributed by atoms with E-state index in [2.05, 4.69) is 36.0 Å². The second-order valence-electron chi connectivity index (χ2n) is 2.44. The molecule has 0 radical (unpaired) electrons. The number of aromatic nitrogens is 5. The van der Waals surface area contributed by atoms with Crippen molar-refractivity contribution in [1.29, 1.82) is 0 Å². The monoisotopic (exact) mass is 255 g/mol. The summed E-state index contributed by atoms with van der Waals surface area (Å²) in [7, 11) is 0. The predicted octanol–water partition coefficient (Wildman–Crippen LogP) is -0.0158. The molecule has 72 valence electrons. The fourth-order valence-corrected chi connectivity index (χ4v) is 1.11. The summed E-state index contributed by atoms with van der Waals surface area (Å²) in [6, 6.07) is 0. The van der Waals surface area contributed by atoms with Crippen molar-refractivity contribution in [3.63, 3.8) is 0 Å². The van der Waals surface area contributed by atoms with Crippen molar-refractivity contribution >= 4 is 27.8 Å². The van der Waals surface area contributed by atoms with Gasteiger partial charge in [-0.05, 0) is 15.9 Å². The Bertz CT molecular complexity index is 448. The van der Waals surface area contributed by atoms with Gasteiger partial charge in [-0.1, -0.05) is 0 Å². The van der Waals surface area contributed by atoms with Gasteiger partial charge >= 0.3 is 0 Å². The van der Waals surface area contributed by atoms with E-state index in [1.165, 1.54) is 4.68 Å². The van der Waals surface area contributed by atoms with E-state index in [0.29, 0.717) is 5.95 Å². The van der Waals surface area contributed by atoms with E-state index in [1.807, 2.05) is 0 Å². The molecule has 8 heteroatoms. The molecule has 0 saturated carbocycles. The fourth-order valence-electron chi connectivity index (χ4n) is 0.903. The first-order valence-corrected chi connectivity index (χ1v) is 4.42. The van der Waals surface area contributed by atoms with Crippen LogP contribution in [0.15, 0.2) is 16.9 Å². The van der Waals surface area contributed by atoms with E-state index in [9.17, 15) is 0 Å². The van der Waals surface area contributed by atoms with E-state index in [0.717, 1.165) is 4.47 Å². The topological polar surface area (TPSA) is 109 Å². The van der Waals surface area contributed by atoms with Crippen molar-refractivity contribution in [3.8, 4) is 5.95 Å². The van der Waals surface area contributed by atoms with Gasteiger partial charge in [-0.2, -0.15) is 9.67 Å². The third-order valence-electron chi connectivity index (χ3n) is 1.44. The number of hydrogen-bond donors (Lipinski definition) is 2. The molecule has 7 nitrogen and oxygen atoms in total. The van der Waals surface area contributed by atoms with Crippen molar-refractivity contribution in [3.05, 3.63) is 16.9 Å². The summed E-state index contributed by atoms with van der Waals surface area (Å²) < 4.78 is 2.04. The van der Waals surface area contributed by atoms with Crippen LogP contribution in [0, 0.1) is 0 Å². The van der Waals surface area contributed by atoms with Crippen LogP contribution in [0.1, 0.15) is 0 Å². The van der Waals surface area contributed by atoms with E-state index in [4.69, 9.17) is 11.5 Å². The Morgan fingerprint density at radius 2 is 1.86 bits per heavy atom. The highest BCUT2D eigenvalue weighted by Crippen LogP contribution is 2.09. The molecule has 0 bridgehead atoms. The van der Waals surface area contributed by atoms with Gasteiger partial charge in [0.05, 0.1) is 4.47 Å². The number of rotatable bonds is 1. The molecule has 14 heavy (non-hydrogen) atoms. The molecule has 2 aromatic rings.